The lowest BCUT2D eigenvalue weighted by Gasteiger charge is -2.22. The zero-order valence-electron chi connectivity index (χ0n) is 6.88. The maximum atomic E-state index is 10.8. The Bertz CT molecular complexity index is 175. The zero-order valence-corrected chi connectivity index (χ0v) is 6.88. The molecule has 0 spiro atoms. The van der Waals surface area contributed by atoms with Crippen molar-refractivity contribution in [3.63, 3.8) is 0 Å². The predicted octanol–water partition coefficient (Wildman–Crippen LogP) is 0.455. The number of hydrogen-bond acceptors (Lipinski definition) is 3. The minimum Gasteiger partial charge on any atom is -0.481 e. The summed E-state index contributed by atoms with van der Waals surface area (Å²) < 4.78 is 4.78. The van der Waals surface area contributed by atoms with Crippen LogP contribution >= 0.6 is 0 Å². The van der Waals surface area contributed by atoms with E-state index < -0.39 is 11.6 Å². The standard InChI is InChI=1S/C7H12O4/c1-5(8)7(2,11-3)4-6(9)10/h4H2,1-3H3,(H,9,10). The first-order chi connectivity index (χ1) is 4.92. The van der Waals surface area contributed by atoms with E-state index in [0.717, 1.165) is 0 Å². The van der Waals surface area contributed by atoms with Gasteiger partial charge in [0.05, 0.1) is 6.42 Å². The SMILES string of the molecule is COC(C)(CC(=O)O)C(C)=O. The maximum Gasteiger partial charge on any atom is 0.306 e. The van der Waals surface area contributed by atoms with Gasteiger partial charge in [-0.05, 0) is 13.8 Å². The van der Waals surface area contributed by atoms with Crippen molar-refractivity contribution >= 4 is 11.8 Å². The van der Waals surface area contributed by atoms with Crippen molar-refractivity contribution < 1.29 is 19.4 Å². The Kier molecular flexibility index (Phi) is 3.19. The number of rotatable bonds is 4. The highest BCUT2D eigenvalue weighted by atomic mass is 16.5. The maximum absolute atomic E-state index is 10.8. The highest BCUT2D eigenvalue weighted by Gasteiger charge is 2.32. The third kappa shape index (κ3) is 2.67. The number of aliphatic carboxylic acids is 1. The minimum atomic E-state index is -1.17. The van der Waals surface area contributed by atoms with Crippen LogP contribution in [0.4, 0.5) is 0 Å². The van der Waals surface area contributed by atoms with Gasteiger partial charge in [-0.15, -0.1) is 0 Å². The van der Waals surface area contributed by atoms with Crippen LogP contribution in [-0.2, 0) is 14.3 Å². The van der Waals surface area contributed by atoms with E-state index in [1.54, 1.807) is 0 Å². The number of methoxy groups -OCH3 is 1. The second-order valence-electron chi connectivity index (χ2n) is 2.56. The van der Waals surface area contributed by atoms with E-state index in [1.165, 1.54) is 21.0 Å². The molecule has 0 aliphatic heterocycles. The van der Waals surface area contributed by atoms with Gasteiger partial charge < -0.3 is 9.84 Å². The van der Waals surface area contributed by atoms with Gasteiger partial charge >= 0.3 is 5.97 Å². The number of hydrogen-bond donors (Lipinski definition) is 1. The minimum absolute atomic E-state index is 0.276. The monoisotopic (exact) mass is 160 g/mol. The summed E-state index contributed by atoms with van der Waals surface area (Å²) >= 11 is 0. The number of ether oxygens (including phenoxy) is 1. The van der Waals surface area contributed by atoms with Gasteiger partial charge in [0.25, 0.3) is 0 Å². The first-order valence-corrected chi connectivity index (χ1v) is 3.20. The van der Waals surface area contributed by atoms with E-state index in [-0.39, 0.29) is 12.2 Å². The summed E-state index contributed by atoms with van der Waals surface area (Å²) in [5, 5.41) is 8.40. The van der Waals surface area contributed by atoms with Gasteiger partial charge in [0.2, 0.25) is 0 Å². The molecule has 0 saturated heterocycles. The third-order valence-corrected chi connectivity index (χ3v) is 1.68. The molecule has 0 heterocycles. The highest BCUT2D eigenvalue weighted by molar-refractivity contribution is 5.88. The van der Waals surface area contributed by atoms with Crippen molar-refractivity contribution in [2.45, 2.75) is 25.9 Å². The van der Waals surface area contributed by atoms with E-state index in [0.29, 0.717) is 0 Å². The second-order valence-corrected chi connectivity index (χ2v) is 2.56. The fourth-order valence-electron chi connectivity index (χ4n) is 0.629. The summed E-state index contributed by atoms with van der Waals surface area (Å²) in [7, 11) is 1.32. The van der Waals surface area contributed by atoms with Crippen molar-refractivity contribution in [1.82, 2.24) is 0 Å². The molecule has 11 heavy (non-hydrogen) atoms. The summed E-state index contributed by atoms with van der Waals surface area (Å²) in [6, 6.07) is 0. The smallest absolute Gasteiger partial charge is 0.306 e. The van der Waals surface area contributed by atoms with Crippen LogP contribution < -0.4 is 0 Å². The lowest BCUT2D eigenvalue weighted by Crippen LogP contribution is -2.37. The fraction of sp³-hybridized carbons (Fsp3) is 0.714. The Labute approximate surface area is 65.2 Å². The van der Waals surface area contributed by atoms with E-state index in [2.05, 4.69) is 0 Å². The fourth-order valence-corrected chi connectivity index (χ4v) is 0.629. The number of Topliss-reactive ketones (excluding diaryl/α,β-unsaturated/α-hetero) is 1. The molecule has 0 aliphatic rings. The largest absolute Gasteiger partial charge is 0.481 e. The molecule has 4 heteroatoms. The van der Waals surface area contributed by atoms with Crippen LogP contribution in [0, 0.1) is 0 Å². The molecule has 0 amide bonds. The van der Waals surface area contributed by atoms with Crippen molar-refractivity contribution in [1.29, 1.82) is 0 Å². The molecule has 1 unspecified atom stereocenters. The Morgan fingerprint density at radius 1 is 1.55 bits per heavy atom. The first kappa shape index (κ1) is 10.1. The Balaban J connectivity index is 4.34. The molecular formula is C7H12O4. The van der Waals surface area contributed by atoms with Gasteiger partial charge in [0.1, 0.15) is 5.60 Å². The van der Waals surface area contributed by atoms with Gasteiger partial charge in [-0.1, -0.05) is 0 Å². The molecule has 0 radical (unpaired) electrons. The number of carboxylic acid groups (broad SMARTS) is 1. The molecule has 0 aromatic rings. The Hall–Kier alpha value is -0.900. The average Bonchev–Trinajstić information content (AvgIpc) is 1.86. The van der Waals surface area contributed by atoms with Crippen LogP contribution in [0.2, 0.25) is 0 Å². The van der Waals surface area contributed by atoms with Crippen LogP contribution in [0.5, 0.6) is 0 Å². The van der Waals surface area contributed by atoms with Crippen LogP contribution in [0.25, 0.3) is 0 Å². The summed E-state index contributed by atoms with van der Waals surface area (Å²) in [6.45, 7) is 2.77. The molecule has 0 rings (SSSR count). The van der Waals surface area contributed by atoms with E-state index >= 15 is 0 Å². The van der Waals surface area contributed by atoms with Gasteiger partial charge in [-0.2, -0.15) is 0 Å². The number of carbonyl (C=O) groups excluding carboxylic acids is 1. The highest BCUT2D eigenvalue weighted by Crippen LogP contribution is 2.15. The third-order valence-electron chi connectivity index (χ3n) is 1.68. The summed E-state index contributed by atoms with van der Waals surface area (Å²) in [4.78, 5) is 21.1. The number of carbonyl (C=O) groups is 2. The molecule has 0 saturated carbocycles. The first-order valence-electron chi connectivity index (χ1n) is 3.20. The molecule has 0 aliphatic carbocycles. The molecule has 0 aromatic heterocycles. The topological polar surface area (TPSA) is 63.6 Å². The van der Waals surface area contributed by atoms with E-state index in [1.807, 2.05) is 0 Å². The molecule has 1 atom stereocenters. The predicted molar refractivity (Wildman–Crippen MR) is 38.3 cm³/mol. The molecule has 0 aromatic carbocycles. The lowest BCUT2D eigenvalue weighted by atomic mass is 9.98. The van der Waals surface area contributed by atoms with Gasteiger partial charge in [0.15, 0.2) is 5.78 Å². The summed E-state index contributed by atoms with van der Waals surface area (Å²) in [6.07, 6.45) is -0.293. The lowest BCUT2D eigenvalue weighted by molar-refractivity contribution is -0.151. The van der Waals surface area contributed by atoms with Crippen molar-refractivity contribution in [2.24, 2.45) is 0 Å². The van der Waals surface area contributed by atoms with E-state index in [9.17, 15) is 9.59 Å². The van der Waals surface area contributed by atoms with Crippen molar-refractivity contribution in [3.8, 4) is 0 Å². The molecule has 1 N–H and O–H groups in total. The van der Waals surface area contributed by atoms with Gasteiger partial charge in [-0.25, -0.2) is 0 Å². The summed E-state index contributed by atoms with van der Waals surface area (Å²) in [5.74, 6) is -1.31. The number of ketones is 1. The Morgan fingerprint density at radius 2 is 2.00 bits per heavy atom. The van der Waals surface area contributed by atoms with E-state index in [4.69, 9.17) is 9.84 Å². The average molecular weight is 160 g/mol. The van der Waals surface area contributed by atoms with Crippen LogP contribution in [0.3, 0.4) is 0 Å². The van der Waals surface area contributed by atoms with Crippen LogP contribution in [0.1, 0.15) is 20.3 Å². The molecule has 64 valence electrons. The van der Waals surface area contributed by atoms with Crippen LogP contribution in [-0.4, -0.2) is 29.6 Å². The molecule has 4 nitrogen and oxygen atoms in total. The zero-order chi connectivity index (χ0) is 9.07. The number of carboxylic acids is 1. The van der Waals surface area contributed by atoms with Gasteiger partial charge in [0, 0.05) is 7.11 Å². The van der Waals surface area contributed by atoms with Crippen molar-refractivity contribution in [3.05, 3.63) is 0 Å². The molecule has 0 fully saturated rings. The van der Waals surface area contributed by atoms with Crippen molar-refractivity contribution in [2.75, 3.05) is 7.11 Å². The second kappa shape index (κ2) is 3.48. The summed E-state index contributed by atoms with van der Waals surface area (Å²) in [5.41, 5.74) is -1.17. The van der Waals surface area contributed by atoms with Crippen LogP contribution in [0.15, 0.2) is 0 Å². The normalized spacial score (nSPS) is 15.5. The molecular weight excluding hydrogens is 148 g/mol. The molecule has 0 bridgehead atoms. The quantitative estimate of drug-likeness (QED) is 0.648. The Morgan fingerprint density at radius 3 is 2.09 bits per heavy atom. The van der Waals surface area contributed by atoms with Gasteiger partial charge in [-0.3, -0.25) is 9.59 Å².